The summed E-state index contributed by atoms with van der Waals surface area (Å²) in [5.41, 5.74) is 2.01. The second kappa shape index (κ2) is 9.41. The Morgan fingerprint density at radius 3 is 2.38 bits per heavy atom. The minimum atomic E-state index is -0.451. The maximum atomic E-state index is 13.8. The van der Waals surface area contributed by atoms with Gasteiger partial charge in [-0.05, 0) is 42.5 Å². The predicted molar refractivity (Wildman–Crippen MR) is 119 cm³/mol. The summed E-state index contributed by atoms with van der Waals surface area (Å²) in [6, 6.07) is 18.9. The van der Waals surface area contributed by atoms with Crippen LogP contribution in [0.4, 0.5) is 0 Å². The quantitative estimate of drug-likeness (QED) is 0.689. The first-order chi connectivity index (χ1) is 14.2. The lowest BCUT2D eigenvalue weighted by atomic mass is 9.73. The van der Waals surface area contributed by atoms with E-state index in [-0.39, 0.29) is 5.91 Å². The number of benzene rings is 2. The van der Waals surface area contributed by atoms with E-state index >= 15 is 0 Å². The van der Waals surface area contributed by atoms with Crippen LogP contribution in [0.15, 0.2) is 59.1 Å². The molecule has 2 aliphatic rings. The number of ether oxygens (including phenoxy) is 1. The minimum absolute atomic E-state index is 0.282. The Morgan fingerprint density at radius 2 is 1.66 bits per heavy atom. The molecule has 0 aromatic heterocycles. The van der Waals surface area contributed by atoms with Gasteiger partial charge in [-0.1, -0.05) is 58.4 Å². The van der Waals surface area contributed by atoms with Gasteiger partial charge in [0.25, 0.3) is 0 Å². The number of nitrogens with zero attached hydrogens (tertiary/aromatic N) is 2. The van der Waals surface area contributed by atoms with Crippen LogP contribution in [0.25, 0.3) is 0 Å². The average Bonchev–Trinajstić information content (AvgIpc) is 3.00. The lowest BCUT2D eigenvalue weighted by molar-refractivity contribution is -0.141. The third-order valence-corrected chi connectivity index (χ3v) is 6.81. The molecule has 2 aromatic carbocycles. The van der Waals surface area contributed by atoms with Gasteiger partial charge in [0.05, 0.1) is 5.41 Å². The third-order valence-electron chi connectivity index (χ3n) is 6.28. The molecule has 5 heteroatoms. The molecule has 2 aromatic rings. The molecule has 0 aliphatic carbocycles. The van der Waals surface area contributed by atoms with E-state index in [0.29, 0.717) is 13.2 Å². The molecule has 0 saturated carbocycles. The van der Waals surface area contributed by atoms with Crippen molar-refractivity contribution in [1.82, 2.24) is 9.80 Å². The van der Waals surface area contributed by atoms with Crippen molar-refractivity contribution >= 4 is 21.8 Å². The molecule has 4 rings (SSSR count). The number of hydrogen-bond donors (Lipinski definition) is 0. The second-order valence-electron chi connectivity index (χ2n) is 8.11. The maximum absolute atomic E-state index is 13.8. The van der Waals surface area contributed by atoms with E-state index in [0.717, 1.165) is 62.0 Å². The summed E-state index contributed by atoms with van der Waals surface area (Å²) in [5, 5.41) is 0. The molecule has 0 bridgehead atoms. The Morgan fingerprint density at radius 1 is 0.931 bits per heavy atom. The van der Waals surface area contributed by atoms with E-state index in [1.807, 2.05) is 12.1 Å². The van der Waals surface area contributed by atoms with Gasteiger partial charge in [0.15, 0.2) is 0 Å². The van der Waals surface area contributed by atoms with Gasteiger partial charge >= 0.3 is 0 Å². The summed E-state index contributed by atoms with van der Waals surface area (Å²) < 4.78 is 6.67. The molecule has 29 heavy (non-hydrogen) atoms. The molecule has 4 nitrogen and oxygen atoms in total. The fourth-order valence-electron chi connectivity index (χ4n) is 4.59. The Kier molecular flexibility index (Phi) is 6.68. The predicted octanol–water partition coefficient (Wildman–Crippen LogP) is 4.23. The highest BCUT2D eigenvalue weighted by Crippen LogP contribution is 2.37. The lowest BCUT2D eigenvalue weighted by Crippen LogP contribution is -2.50. The number of halogens is 1. The normalized spacial score (nSPS) is 20.2. The largest absolute Gasteiger partial charge is 0.381 e. The molecule has 0 N–H and O–H groups in total. The van der Waals surface area contributed by atoms with E-state index in [4.69, 9.17) is 4.74 Å². The summed E-state index contributed by atoms with van der Waals surface area (Å²) in [4.78, 5) is 18.4. The van der Waals surface area contributed by atoms with Gasteiger partial charge in [-0.25, -0.2) is 0 Å². The number of rotatable bonds is 4. The minimum Gasteiger partial charge on any atom is -0.381 e. The van der Waals surface area contributed by atoms with Gasteiger partial charge in [-0.15, -0.1) is 0 Å². The monoisotopic (exact) mass is 456 g/mol. The maximum Gasteiger partial charge on any atom is 0.233 e. The van der Waals surface area contributed by atoms with Gasteiger partial charge in [-0.2, -0.15) is 0 Å². The fraction of sp³-hybridized carbons (Fsp3) is 0.458. The Labute approximate surface area is 182 Å². The summed E-state index contributed by atoms with van der Waals surface area (Å²) in [5.74, 6) is 0.282. The second-order valence-corrected chi connectivity index (χ2v) is 9.02. The van der Waals surface area contributed by atoms with Crippen LogP contribution in [-0.2, 0) is 21.5 Å². The van der Waals surface area contributed by atoms with Crippen LogP contribution in [0, 0.1) is 0 Å². The first-order valence-electron chi connectivity index (χ1n) is 10.6. The molecule has 2 heterocycles. The van der Waals surface area contributed by atoms with Crippen LogP contribution in [0.2, 0.25) is 0 Å². The molecule has 0 radical (unpaired) electrons. The highest BCUT2D eigenvalue weighted by atomic mass is 79.9. The van der Waals surface area contributed by atoms with Crippen LogP contribution in [-0.4, -0.2) is 55.1 Å². The first-order valence-corrected chi connectivity index (χ1v) is 11.4. The molecule has 0 atom stereocenters. The molecule has 1 amide bonds. The topological polar surface area (TPSA) is 32.8 Å². The number of carbonyl (C=O) groups excluding carboxylic acids is 1. The van der Waals surface area contributed by atoms with E-state index < -0.39 is 5.41 Å². The molecule has 2 fully saturated rings. The van der Waals surface area contributed by atoms with Crippen molar-refractivity contribution in [2.75, 3.05) is 39.4 Å². The van der Waals surface area contributed by atoms with Crippen molar-refractivity contribution in [2.24, 2.45) is 0 Å². The first kappa shape index (κ1) is 20.6. The standard InChI is InChI=1S/C24H29BrN2O2/c25-22-9-7-21(8-10-22)24(11-17-29-18-12-24)23(28)27-14-4-13-26(15-16-27)19-20-5-2-1-3-6-20/h1-3,5-10H,4,11-19H2. The highest BCUT2D eigenvalue weighted by Gasteiger charge is 2.44. The highest BCUT2D eigenvalue weighted by molar-refractivity contribution is 9.10. The summed E-state index contributed by atoms with van der Waals surface area (Å²) in [6.07, 6.45) is 2.54. The Balaban J connectivity index is 1.48. The number of amides is 1. The van der Waals surface area contributed by atoms with Crippen LogP contribution >= 0.6 is 15.9 Å². The molecule has 2 aliphatic heterocycles. The van der Waals surface area contributed by atoms with Gasteiger partial charge in [-0.3, -0.25) is 9.69 Å². The van der Waals surface area contributed by atoms with Gasteiger partial charge < -0.3 is 9.64 Å². The Bertz CT molecular complexity index is 803. The van der Waals surface area contributed by atoms with Crippen molar-refractivity contribution in [3.05, 3.63) is 70.2 Å². The summed E-state index contributed by atoms with van der Waals surface area (Å²) in [6.45, 7) is 5.84. The van der Waals surface area contributed by atoms with Gasteiger partial charge in [0.2, 0.25) is 5.91 Å². The van der Waals surface area contributed by atoms with Crippen molar-refractivity contribution in [3.63, 3.8) is 0 Å². The molecular formula is C24H29BrN2O2. The number of hydrogen-bond acceptors (Lipinski definition) is 3. The molecule has 0 spiro atoms. The van der Waals surface area contributed by atoms with E-state index in [1.54, 1.807) is 0 Å². The van der Waals surface area contributed by atoms with Crippen LogP contribution in [0.3, 0.4) is 0 Å². The van der Waals surface area contributed by atoms with E-state index in [9.17, 15) is 4.79 Å². The smallest absolute Gasteiger partial charge is 0.233 e. The molecule has 2 saturated heterocycles. The van der Waals surface area contributed by atoms with Crippen LogP contribution in [0.5, 0.6) is 0 Å². The molecule has 0 unspecified atom stereocenters. The molecular weight excluding hydrogens is 428 g/mol. The zero-order valence-electron chi connectivity index (χ0n) is 16.9. The van der Waals surface area contributed by atoms with E-state index in [2.05, 4.69) is 68.2 Å². The van der Waals surface area contributed by atoms with Crippen molar-refractivity contribution < 1.29 is 9.53 Å². The van der Waals surface area contributed by atoms with Crippen molar-refractivity contribution in [3.8, 4) is 0 Å². The van der Waals surface area contributed by atoms with E-state index in [1.165, 1.54) is 5.56 Å². The van der Waals surface area contributed by atoms with Crippen molar-refractivity contribution in [2.45, 2.75) is 31.2 Å². The lowest BCUT2D eigenvalue weighted by Gasteiger charge is -2.40. The van der Waals surface area contributed by atoms with Gasteiger partial charge in [0.1, 0.15) is 0 Å². The van der Waals surface area contributed by atoms with Crippen LogP contribution in [0.1, 0.15) is 30.4 Å². The third kappa shape index (κ3) is 4.73. The summed E-state index contributed by atoms with van der Waals surface area (Å²) >= 11 is 3.52. The zero-order valence-corrected chi connectivity index (χ0v) is 18.4. The zero-order chi connectivity index (χ0) is 20.1. The van der Waals surface area contributed by atoms with Crippen molar-refractivity contribution in [1.29, 1.82) is 0 Å². The summed E-state index contributed by atoms with van der Waals surface area (Å²) in [7, 11) is 0. The van der Waals surface area contributed by atoms with Gasteiger partial charge in [0, 0.05) is 50.4 Å². The molecule has 154 valence electrons. The SMILES string of the molecule is O=C(N1CCCN(Cc2ccccc2)CC1)C1(c2ccc(Br)cc2)CCOCC1. The number of carbonyl (C=O) groups is 1. The fourth-order valence-corrected chi connectivity index (χ4v) is 4.86. The average molecular weight is 457 g/mol. The van der Waals surface area contributed by atoms with Crippen LogP contribution < -0.4 is 0 Å². The Hall–Kier alpha value is -1.69.